The van der Waals surface area contributed by atoms with Gasteiger partial charge in [0.1, 0.15) is 19.8 Å². The molecule has 0 aliphatic carbocycles. The number of carbonyl (C=O) groups is 2. The molecule has 0 radical (unpaired) electrons. The van der Waals surface area contributed by atoms with Crippen molar-refractivity contribution in [1.29, 1.82) is 0 Å². The molecule has 3 aromatic heterocycles. The van der Waals surface area contributed by atoms with Crippen molar-refractivity contribution in [3.63, 3.8) is 0 Å². The number of para-hydroxylation sites is 1. The van der Waals surface area contributed by atoms with E-state index in [1.165, 1.54) is 18.4 Å². The van der Waals surface area contributed by atoms with Crippen LogP contribution in [0.3, 0.4) is 0 Å². The SMILES string of the molecule is COC(=O)Cn1c(=NC(=O)c2cc(-c3cccs3)nc3ccccc23)sc2cc3c(cc21)OCCO3. The van der Waals surface area contributed by atoms with Gasteiger partial charge in [-0.25, -0.2) is 4.98 Å². The number of thiophene rings is 1. The highest BCUT2D eigenvalue weighted by Gasteiger charge is 2.19. The molecule has 0 atom stereocenters. The van der Waals surface area contributed by atoms with Crippen molar-refractivity contribution >= 4 is 55.7 Å². The monoisotopic (exact) mass is 517 g/mol. The van der Waals surface area contributed by atoms with Crippen LogP contribution in [-0.4, -0.2) is 41.8 Å². The number of carbonyl (C=O) groups excluding carboxylic acids is 2. The number of rotatable bonds is 4. The van der Waals surface area contributed by atoms with Crippen LogP contribution in [0.25, 0.3) is 31.7 Å². The van der Waals surface area contributed by atoms with Gasteiger partial charge in [-0.2, -0.15) is 4.99 Å². The van der Waals surface area contributed by atoms with Crippen molar-refractivity contribution in [2.24, 2.45) is 4.99 Å². The first kappa shape index (κ1) is 22.4. The number of thiazole rings is 1. The first-order chi connectivity index (χ1) is 17.6. The summed E-state index contributed by atoms with van der Waals surface area (Å²) in [5, 5.41) is 2.68. The topological polar surface area (TPSA) is 92.0 Å². The van der Waals surface area contributed by atoms with Gasteiger partial charge in [-0.05, 0) is 23.6 Å². The molecule has 0 unspecified atom stereocenters. The Hall–Kier alpha value is -4.02. The van der Waals surface area contributed by atoms with E-state index in [2.05, 4.69) is 4.99 Å². The van der Waals surface area contributed by atoms with E-state index in [1.54, 1.807) is 22.0 Å². The van der Waals surface area contributed by atoms with Crippen LogP contribution >= 0.6 is 22.7 Å². The predicted molar refractivity (Wildman–Crippen MR) is 138 cm³/mol. The van der Waals surface area contributed by atoms with E-state index in [9.17, 15) is 9.59 Å². The molecule has 2 aromatic carbocycles. The molecule has 1 aliphatic rings. The molecule has 0 fully saturated rings. The van der Waals surface area contributed by atoms with Crippen LogP contribution in [0.4, 0.5) is 0 Å². The second kappa shape index (κ2) is 9.21. The minimum atomic E-state index is -0.451. The number of hydrogen-bond donors (Lipinski definition) is 0. The molecule has 1 aliphatic heterocycles. The minimum absolute atomic E-state index is 0.0974. The fraction of sp³-hybridized carbons (Fsp3) is 0.154. The minimum Gasteiger partial charge on any atom is -0.486 e. The van der Waals surface area contributed by atoms with Gasteiger partial charge in [0.05, 0.1) is 39.0 Å². The summed E-state index contributed by atoms with van der Waals surface area (Å²) in [4.78, 5) is 36.4. The second-order valence-electron chi connectivity index (χ2n) is 7.98. The third-order valence-corrected chi connectivity index (χ3v) is 7.71. The van der Waals surface area contributed by atoms with Crippen LogP contribution in [0.15, 0.2) is 65.0 Å². The van der Waals surface area contributed by atoms with E-state index in [4.69, 9.17) is 19.2 Å². The molecule has 6 rings (SSSR count). The lowest BCUT2D eigenvalue weighted by atomic mass is 10.1. The number of aromatic nitrogens is 2. The number of fused-ring (bicyclic) bond motifs is 3. The van der Waals surface area contributed by atoms with Crippen molar-refractivity contribution in [3.05, 3.63) is 70.3 Å². The highest BCUT2D eigenvalue weighted by atomic mass is 32.1. The molecule has 0 N–H and O–H groups in total. The summed E-state index contributed by atoms with van der Waals surface area (Å²) in [6.45, 7) is 0.806. The van der Waals surface area contributed by atoms with Crippen LogP contribution in [0.5, 0.6) is 11.5 Å². The summed E-state index contributed by atoms with van der Waals surface area (Å²) < 4.78 is 18.8. The molecule has 4 heterocycles. The average molecular weight is 518 g/mol. The van der Waals surface area contributed by atoms with Crippen molar-refractivity contribution < 1.29 is 23.8 Å². The normalized spacial score (nSPS) is 13.3. The Labute approximate surface area is 213 Å². The maximum atomic E-state index is 13.6. The number of methoxy groups -OCH3 is 1. The molecule has 8 nitrogen and oxygen atoms in total. The van der Waals surface area contributed by atoms with Crippen LogP contribution in [0.1, 0.15) is 10.4 Å². The molecular weight excluding hydrogens is 498 g/mol. The van der Waals surface area contributed by atoms with Crippen LogP contribution < -0.4 is 14.3 Å². The van der Waals surface area contributed by atoms with Crippen LogP contribution in [0.2, 0.25) is 0 Å². The second-order valence-corrected chi connectivity index (χ2v) is 9.93. The van der Waals surface area contributed by atoms with Gasteiger partial charge in [-0.1, -0.05) is 35.6 Å². The number of pyridine rings is 1. The molecule has 10 heteroatoms. The lowest BCUT2D eigenvalue weighted by Gasteiger charge is -2.18. The van der Waals surface area contributed by atoms with E-state index in [1.807, 2.05) is 53.9 Å². The Morgan fingerprint density at radius 3 is 2.67 bits per heavy atom. The fourth-order valence-electron chi connectivity index (χ4n) is 4.09. The summed E-state index contributed by atoms with van der Waals surface area (Å²) in [5.41, 5.74) is 2.57. The van der Waals surface area contributed by atoms with Gasteiger partial charge < -0.3 is 18.8 Å². The number of hydrogen-bond acceptors (Lipinski definition) is 8. The number of ether oxygens (including phenoxy) is 3. The number of amides is 1. The number of esters is 1. The molecule has 0 bridgehead atoms. The van der Waals surface area contributed by atoms with Crippen molar-refractivity contribution in [2.75, 3.05) is 20.3 Å². The van der Waals surface area contributed by atoms with E-state index in [-0.39, 0.29) is 6.54 Å². The summed E-state index contributed by atoms with van der Waals surface area (Å²) >= 11 is 2.85. The Balaban J connectivity index is 1.53. The Bertz CT molecular complexity index is 1700. The van der Waals surface area contributed by atoms with Gasteiger partial charge in [0, 0.05) is 17.5 Å². The highest BCUT2D eigenvalue weighted by molar-refractivity contribution is 7.16. The molecule has 0 spiro atoms. The maximum Gasteiger partial charge on any atom is 0.325 e. The highest BCUT2D eigenvalue weighted by Crippen LogP contribution is 2.36. The van der Waals surface area contributed by atoms with Gasteiger partial charge in [-0.3, -0.25) is 9.59 Å². The molecule has 1 amide bonds. The maximum absolute atomic E-state index is 13.6. The van der Waals surface area contributed by atoms with Crippen molar-refractivity contribution in [3.8, 4) is 22.1 Å². The Kier molecular flexibility index (Phi) is 5.74. The lowest BCUT2D eigenvalue weighted by molar-refractivity contribution is -0.141. The predicted octanol–water partition coefficient (Wildman–Crippen LogP) is 4.66. The van der Waals surface area contributed by atoms with Gasteiger partial charge in [-0.15, -0.1) is 11.3 Å². The summed E-state index contributed by atoms with van der Waals surface area (Å²) in [5.74, 6) is 0.337. The summed E-state index contributed by atoms with van der Waals surface area (Å²) in [6, 6.07) is 16.8. The average Bonchev–Trinajstić information content (AvgIpc) is 3.55. The van der Waals surface area contributed by atoms with Gasteiger partial charge in [0.2, 0.25) is 0 Å². The third kappa shape index (κ3) is 4.04. The largest absolute Gasteiger partial charge is 0.486 e. The van der Waals surface area contributed by atoms with E-state index < -0.39 is 11.9 Å². The zero-order chi connectivity index (χ0) is 24.6. The van der Waals surface area contributed by atoms with E-state index in [0.717, 1.165) is 9.58 Å². The van der Waals surface area contributed by atoms with Gasteiger partial charge >= 0.3 is 5.97 Å². The molecular formula is C26H19N3O5S2. The quantitative estimate of drug-likeness (QED) is 0.322. The van der Waals surface area contributed by atoms with Crippen LogP contribution in [0, 0.1) is 0 Å². The molecule has 5 aromatic rings. The zero-order valence-corrected chi connectivity index (χ0v) is 20.7. The fourth-order valence-corrected chi connectivity index (χ4v) is 5.81. The summed E-state index contributed by atoms with van der Waals surface area (Å²) in [6.07, 6.45) is 0. The zero-order valence-electron chi connectivity index (χ0n) is 19.1. The molecule has 36 heavy (non-hydrogen) atoms. The Morgan fingerprint density at radius 1 is 1.08 bits per heavy atom. The summed E-state index contributed by atoms with van der Waals surface area (Å²) in [7, 11) is 1.33. The van der Waals surface area contributed by atoms with Gasteiger partial charge in [0.25, 0.3) is 5.91 Å². The first-order valence-electron chi connectivity index (χ1n) is 11.1. The number of benzene rings is 2. The van der Waals surface area contributed by atoms with E-state index in [0.29, 0.717) is 57.2 Å². The van der Waals surface area contributed by atoms with Crippen molar-refractivity contribution in [2.45, 2.75) is 6.54 Å². The number of nitrogens with zero attached hydrogens (tertiary/aromatic N) is 3. The van der Waals surface area contributed by atoms with Crippen molar-refractivity contribution in [1.82, 2.24) is 9.55 Å². The smallest absolute Gasteiger partial charge is 0.325 e. The molecule has 180 valence electrons. The standard InChI is InChI=1S/C26H19N3O5S2/c1-32-24(30)14-29-19-12-20-21(34-9-8-33-20)13-23(19)36-26(29)28-25(31)16-11-18(22-7-4-10-35-22)27-17-6-3-2-5-15(16)17/h2-7,10-13H,8-9,14H2,1H3. The lowest BCUT2D eigenvalue weighted by Crippen LogP contribution is -2.22. The first-order valence-corrected chi connectivity index (χ1v) is 12.8. The molecule has 0 saturated carbocycles. The Morgan fingerprint density at radius 2 is 1.89 bits per heavy atom. The van der Waals surface area contributed by atoms with E-state index >= 15 is 0 Å². The van der Waals surface area contributed by atoms with Crippen LogP contribution in [-0.2, 0) is 16.1 Å². The molecule has 0 saturated heterocycles. The third-order valence-electron chi connectivity index (χ3n) is 5.78. The van der Waals surface area contributed by atoms with Gasteiger partial charge in [0.15, 0.2) is 16.3 Å².